The molecular formula is C23H28N4O3. The molecule has 1 aromatic carbocycles. The SMILES string of the molecule is CCOc1ccc(N2C(=O)C[C@H](N3CCN(CCc4ccccn4)CC3)C2=O)cc1. The molecule has 0 unspecified atom stereocenters. The Balaban J connectivity index is 1.32. The minimum atomic E-state index is -0.359. The van der Waals surface area contributed by atoms with Crippen LogP contribution in [0.25, 0.3) is 0 Å². The van der Waals surface area contributed by atoms with E-state index in [-0.39, 0.29) is 24.3 Å². The van der Waals surface area contributed by atoms with Crippen molar-refractivity contribution >= 4 is 17.5 Å². The third-order valence-corrected chi connectivity index (χ3v) is 5.79. The molecule has 2 aliphatic heterocycles. The number of anilines is 1. The van der Waals surface area contributed by atoms with E-state index in [0.29, 0.717) is 12.3 Å². The van der Waals surface area contributed by atoms with Crippen LogP contribution < -0.4 is 9.64 Å². The Labute approximate surface area is 177 Å². The molecular weight excluding hydrogens is 380 g/mol. The van der Waals surface area contributed by atoms with Crippen molar-refractivity contribution in [1.29, 1.82) is 0 Å². The Hall–Kier alpha value is -2.77. The first-order valence-electron chi connectivity index (χ1n) is 10.6. The van der Waals surface area contributed by atoms with Gasteiger partial charge in [-0.05, 0) is 43.3 Å². The fourth-order valence-corrected chi connectivity index (χ4v) is 4.15. The van der Waals surface area contributed by atoms with Crippen molar-refractivity contribution < 1.29 is 14.3 Å². The quantitative estimate of drug-likeness (QED) is 0.653. The van der Waals surface area contributed by atoms with Crippen LogP contribution in [0.3, 0.4) is 0 Å². The van der Waals surface area contributed by atoms with Gasteiger partial charge in [0.15, 0.2) is 0 Å². The summed E-state index contributed by atoms with van der Waals surface area (Å²) < 4.78 is 5.45. The summed E-state index contributed by atoms with van der Waals surface area (Å²) in [5.41, 5.74) is 1.72. The van der Waals surface area contributed by atoms with Crippen molar-refractivity contribution in [3.05, 3.63) is 54.4 Å². The molecule has 0 bridgehead atoms. The van der Waals surface area contributed by atoms with Crippen molar-refractivity contribution in [2.75, 3.05) is 44.2 Å². The number of amides is 2. The molecule has 30 heavy (non-hydrogen) atoms. The number of rotatable bonds is 7. The second-order valence-electron chi connectivity index (χ2n) is 7.66. The molecule has 0 saturated carbocycles. The maximum absolute atomic E-state index is 13.0. The Morgan fingerprint density at radius 1 is 1.03 bits per heavy atom. The smallest absolute Gasteiger partial charge is 0.251 e. The first-order valence-corrected chi connectivity index (χ1v) is 10.6. The molecule has 158 valence electrons. The second-order valence-corrected chi connectivity index (χ2v) is 7.66. The molecule has 2 fully saturated rings. The normalized spacial score (nSPS) is 20.7. The lowest BCUT2D eigenvalue weighted by Crippen LogP contribution is -2.52. The minimum Gasteiger partial charge on any atom is -0.494 e. The number of benzene rings is 1. The van der Waals surface area contributed by atoms with E-state index < -0.39 is 0 Å². The van der Waals surface area contributed by atoms with E-state index in [9.17, 15) is 9.59 Å². The number of carbonyl (C=O) groups is 2. The summed E-state index contributed by atoms with van der Waals surface area (Å²) in [6.45, 7) is 6.84. The summed E-state index contributed by atoms with van der Waals surface area (Å²) in [7, 11) is 0. The summed E-state index contributed by atoms with van der Waals surface area (Å²) in [5.74, 6) is 0.483. The van der Waals surface area contributed by atoms with E-state index in [1.165, 1.54) is 4.90 Å². The third-order valence-electron chi connectivity index (χ3n) is 5.79. The standard InChI is InChI=1S/C23H28N4O3/c1-2-30-20-8-6-19(7-9-20)27-22(28)17-21(23(27)29)26-15-13-25(14-16-26)12-10-18-5-3-4-11-24-18/h3-9,11,21H,2,10,12-17H2,1H3/t21-/m0/s1. The largest absolute Gasteiger partial charge is 0.494 e. The highest BCUT2D eigenvalue weighted by atomic mass is 16.5. The van der Waals surface area contributed by atoms with Gasteiger partial charge in [-0.15, -0.1) is 0 Å². The van der Waals surface area contributed by atoms with Gasteiger partial charge >= 0.3 is 0 Å². The number of hydrogen-bond donors (Lipinski definition) is 0. The van der Waals surface area contributed by atoms with Gasteiger partial charge < -0.3 is 9.64 Å². The fraction of sp³-hybridized carbons (Fsp3) is 0.435. The summed E-state index contributed by atoms with van der Waals surface area (Å²) in [4.78, 5) is 35.9. The van der Waals surface area contributed by atoms with Gasteiger partial charge in [-0.2, -0.15) is 0 Å². The lowest BCUT2D eigenvalue weighted by molar-refractivity contribution is -0.123. The Morgan fingerprint density at radius 3 is 2.47 bits per heavy atom. The van der Waals surface area contributed by atoms with Crippen LogP contribution in [0.4, 0.5) is 5.69 Å². The number of hydrogen-bond acceptors (Lipinski definition) is 6. The van der Waals surface area contributed by atoms with Crippen LogP contribution in [0.2, 0.25) is 0 Å². The van der Waals surface area contributed by atoms with Crippen LogP contribution in [-0.2, 0) is 16.0 Å². The van der Waals surface area contributed by atoms with E-state index in [1.807, 2.05) is 25.3 Å². The molecule has 2 aromatic rings. The predicted octanol–water partition coefficient (Wildman–Crippen LogP) is 1.97. The number of piperazine rings is 1. The van der Waals surface area contributed by atoms with Gasteiger partial charge in [-0.3, -0.25) is 19.5 Å². The number of pyridine rings is 1. The van der Waals surface area contributed by atoms with E-state index in [2.05, 4.69) is 20.9 Å². The molecule has 2 saturated heterocycles. The molecule has 0 aliphatic carbocycles. The van der Waals surface area contributed by atoms with Gasteiger partial charge in [0.25, 0.3) is 5.91 Å². The molecule has 0 spiro atoms. The molecule has 7 heteroatoms. The summed E-state index contributed by atoms with van der Waals surface area (Å²) >= 11 is 0. The molecule has 7 nitrogen and oxygen atoms in total. The number of ether oxygens (including phenoxy) is 1. The first kappa shape index (κ1) is 20.5. The van der Waals surface area contributed by atoms with Crippen LogP contribution in [0.5, 0.6) is 5.75 Å². The second kappa shape index (κ2) is 9.36. The fourth-order valence-electron chi connectivity index (χ4n) is 4.15. The van der Waals surface area contributed by atoms with Crippen LogP contribution in [0.15, 0.2) is 48.7 Å². The van der Waals surface area contributed by atoms with Gasteiger partial charge in [-0.1, -0.05) is 6.07 Å². The summed E-state index contributed by atoms with van der Waals surface area (Å²) in [6, 6.07) is 12.8. The highest BCUT2D eigenvalue weighted by Gasteiger charge is 2.43. The van der Waals surface area contributed by atoms with Gasteiger partial charge in [-0.25, -0.2) is 4.90 Å². The van der Waals surface area contributed by atoms with E-state index in [1.54, 1.807) is 24.3 Å². The Kier molecular flexibility index (Phi) is 6.40. The number of carbonyl (C=O) groups excluding carboxylic acids is 2. The molecule has 0 N–H and O–H groups in total. The first-order chi connectivity index (χ1) is 14.7. The third kappa shape index (κ3) is 4.52. The number of imide groups is 1. The molecule has 0 radical (unpaired) electrons. The maximum atomic E-state index is 13.0. The van der Waals surface area contributed by atoms with Crippen molar-refractivity contribution in [1.82, 2.24) is 14.8 Å². The van der Waals surface area contributed by atoms with Crippen molar-refractivity contribution in [3.63, 3.8) is 0 Å². The van der Waals surface area contributed by atoms with Gasteiger partial charge in [0.1, 0.15) is 5.75 Å². The van der Waals surface area contributed by atoms with E-state index in [0.717, 1.165) is 50.6 Å². The highest BCUT2D eigenvalue weighted by molar-refractivity contribution is 6.22. The molecule has 2 aliphatic rings. The van der Waals surface area contributed by atoms with E-state index >= 15 is 0 Å². The Bertz CT molecular complexity index is 864. The Morgan fingerprint density at radius 2 is 1.80 bits per heavy atom. The highest BCUT2D eigenvalue weighted by Crippen LogP contribution is 2.28. The monoisotopic (exact) mass is 408 g/mol. The zero-order chi connectivity index (χ0) is 20.9. The number of nitrogens with zero attached hydrogens (tertiary/aromatic N) is 4. The van der Waals surface area contributed by atoms with Gasteiger partial charge in [0.2, 0.25) is 5.91 Å². The summed E-state index contributed by atoms with van der Waals surface area (Å²) in [6.07, 6.45) is 3.00. The van der Waals surface area contributed by atoms with Crippen LogP contribution in [0.1, 0.15) is 19.0 Å². The zero-order valence-electron chi connectivity index (χ0n) is 17.4. The predicted molar refractivity (Wildman–Crippen MR) is 114 cm³/mol. The summed E-state index contributed by atoms with van der Waals surface area (Å²) in [5, 5.41) is 0. The van der Waals surface area contributed by atoms with Gasteiger partial charge in [0, 0.05) is 51.0 Å². The topological polar surface area (TPSA) is 66.0 Å². The average Bonchev–Trinajstić information content (AvgIpc) is 3.08. The lowest BCUT2D eigenvalue weighted by Gasteiger charge is -2.37. The van der Waals surface area contributed by atoms with Crippen molar-refractivity contribution in [2.45, 2.75) is 25.8 Å². The zero-order valence-corrected chi connectivity index (χ0v) is 17.4. The molecule has 1 atom stereocenters. The number of aromatic nitrogens is 1. The van der Waals surface area contributed by atoms with Crippen LogP contribution >= 0.6 is 0 Å². The minimum absolute atomic E-state index is 0.119. The van der Waals surface area contributed by atoms with E-state index in [4.69, 9.17) is 4.74 Å². The lowest BCUT2D eigenvalue weighted by atomic mass is 10.1. The molecule has 3 heterocycles. The van der Waals surface area contributed by atoms with Gasteiger partial charge in [0.05, 0.1) is 24.8 Å². The molecule has 2 amide bonds. The van der Waals surface area contributed by atoms with Crippen molar-refractivity contribution in [3.8, 4) is 5.75 Å². The van der Waals surface area contributed by atoms with Crippen LogP contribution in [-0.4, -0.2) is 72.0 Å². The molecule has 4 rings (SSSR count). The average molecular weight is 409 g/mol. The van der Waals surface area contributed by atoms with Crippen LogP contribution in [0, 0.1) is 0 Å². The molecule has 1 aromatic heterocycles. The van der Waals surface area contributed by atoms with Crippen molar-refractivity contribution in [2.24, 2.45) is 0 Å². The maximum Gasteiger partial charge on any atom is 0.251 e.